The average molecular weight is 324 g/mol. The maximum Gasteiger partial charge on any atom is 0.227 e. The number of nitrogens with two attached hydrogens (primary N) is 1. The fourth-order valence-electron chi connectivity index (χ4n) is 1.52. The van der Waals surface area contributed by atoms with Gasteiger partial charge in [0, 0.05) is 0 Å². The lowest BCUT2D eigenvalue weighted by Crippen LogP contribution is -2.02. The van der Waals surface area contributed by atoms with Crippen LogP contribution in [0.2, 0.25) is 0 Å². The maximum absolute atomic E-state index is 5.80. The van der Waals surface area contributed by atoms with Gasteiger partial charge in [0.1, 0.15) is 23.1 Å². The van der Waals surface area contributed by atoms with Gasteiger partial charge in [0.2, 0.25) is 5.88 Å². The summed E-state index contributed by atoms with van der Waals surface area (Å²) >= 11 is 3.43. The topological polar surface area (TPSA) is 70.3 Å². The zero-order valence-electron chi connectivity index (χ0n) is 10.9. The fourth-order valence-corrected chi connectivity index (χ4v) is 1.96. The summed E-state index contributed by atoms with van der Waals surface area (Å²) in [5.74, 6) is 2.83. The minimum Gasteiger partial charge on any atom is -0.497 e. The van der Waals surface area contributed by atoms with E-state index in [1.54, 1.807) is 20.1 Å². The van der Waals surface area contributed by atoms with Crippen molar-refractivity contribution in [2.24, 2.45) is 0 Å². The lowest BCUT2D eigenvalue weighted by molar-refractivity contribution is 0.411. The summed E-state index contributed by atoms with van der Waals surface area (Å²) in [6.07, 6.45) is 0. The van der Waals surface area contributed by atoms with Gasteiger partial charge in [-0.3, -0.25) is 0 Å². The number of nitrogen functional groups attached to an aromatic ring is 1. The van der Waals surface area contributed by atoms with Gasteiger partial charge in [0.25, 0.3) is 0 Å². The van der Waals surface area contributed by atoms with Crippen molar-refractivity contribution < 1.29 is 9.47 Å². The van der Waals surface area contributed by atoms with Crippen molar-refractivity contribution in [3.05, 3.63) is 34.1 Å². The number of methoxy groups -OCH3 is 1. The molecule has 5 nitrogen and oxygen atoms in total. The van der Waals surface area contributed by atoms with E-state index in [1.165, 1.54) is 0 Å². The minimum atomic E-state index is 0.423. The summed E-state index contributed by atoms with van der Waals surface area (Å²) < 4.78 is 11.7. The molecule has 19 heavy (non-hydrogen) atoms. The van der Waals surface area contributed by atoms with Crippen molar-refractivity contribution in [3.8, 4) is 17.4 Å². The molecule has 100 valence electrons. The molecule has 0 saturated carbocycles. The van der Waals surface area contributed by atoms with E-state index in [2.05, 4.69) is 25.9 Å². The Hall–Kier alpha value is -1.82. The second-order valence-corrected chi connectivity index (χ2v) is 4.84. The number of aryl methyl sites for hydroxylation is 1. The standard InChI is InChI=1S/C13H14BrN3O2/c1-7-12(15)16-8(2)17-13(7)19-11-5-4-9(18-3)6-10(11)14/h4-6H,1-3H3,(H2,15,16,17). The highest BCUT2D eigenvalue weighted by molar-refractivity contribution is 9.10. The molecule has 0 spiro atoms. The molecule has 0 aliphatic rings. The highest BCUT2D eigenvalue weighted by atomic mass is 79.9. The molecule has 2 aromatic rings. The number of rotatable bonds is 3. The maximum atomic E-state index is 5.80. The van der Waals surface area contributed by atoms with Crippen molar-refractivity contribution in [2.45, 2.75) is 13.8 Å². The summed E-state index contributed by atoms with van der Waals surface area (Å²) in [6.45, 7) is 3.59. The van der Waals surface area contributed by atoms with Crippen LogP contribution in [-0.2, 0) is 0 Å². The Morgan fingerprint density at radius 1 is 1.21 bits per heavy atom. The van der Waals surface area contributed by atoms with E-state index >= 15 is 0 Å². The normalized spacial score (nSPS) is 10.3. The van der Waals surface area contributed by atoms with Crippen LogP contribution in [0.5, 0.6) is 17.4 Å². The second kappa shape index (κ2) is 5.44. The summed E-state index contributed by atoms with van der Waals surface area (Å²) in [6, 6.07) is 5.44. The first-order chi connectivity index (χ1) is 9.01. The van der Waals surface area contributed by atoms with E-state index < -0.39 is 0 Å². The molecular formula is C13H14BrN3O2. The first-order valence-electron chi connectivity index (χ1n) is 5.63. The van der Waals surface area contributed by atoms with Gasteiger partial charge in [-0.05, 0) is 48.0 Å². The molecule has 0 aliphatic heterocycles. The summed E-state index contributed by atoms with van der Waals surface area (Å²) in [5, 5.41) is 0. The predicted octanol–water partition coefficient (Wildman–Crippen LogP) is 3.24. The molecule has 0 bridgehead atoms. The van der Waals surface area contributed by atoms with Crippen molar-refractivity contribution >= 4 is 21.7 Å². The van der Waals surface area contributed by atoms with Crippen molar-refractivity contribution in [1.29, 1.82) is 0 Å². The number of hydrogen-bond acceptors (Lipinski definition) is 5. The molecule has 0 radical (unpaired) electrons. The van der Waals surface area contributed by atoms with Crippen LogP contribution in [0.1, 0.15) is 11.4 Å². The Balaban J connectivity index is 2.36. The quantitative estimate of drug-likeness (QED) is 0.938. The van der Waals surface area contributed by atoms with Crippen LogP contribution in [0.3, 0.4) is 0 Å². The summed E-state index contributed by atoms with van der Waals surface area (Å²) in [7, 11) is 1.61. The number of anilines is 1. The van der Waals surface area contributed by atoms with Crippen LogP contribution < -0.4 is 15.2 Å². The highest BCUT2D eigenvalue weighted by Gasteiger charge is 2.11. The monoisotopic (exact) mass is 323 g/mol. The van der Waals surface area contributed by atoms with Crippen LogP contribution in [0.4, 0.5) is 5.82 Å². The predicted molar refractivity (Wildman–Crippen MR) is 76.7 cm³/mol. The third-order valence-corrected chi connectivity index (χ3v) is 3.22. The minimum absolute atomic E-state index is 0.423. The Labute approximate surface area is 119 Å². The van der Waals surface area contributed by atoms with Gasteiger partial charge < -0.3 is 15.2 Å². The van der Waals surface area contributed by atoms with Gasteiger partial charge in [-0.25, -0.2) is 4.98 Å². The number of ether oxygens (including phenoxy) is 2. The van der Waals surface area contributed by atoms with E-state index in [0.29, 0.717) is 28.8 Å². The number of halogens is 1. The molecule has 2 N–H and O–H groups in total. The number of benzene rings is 1. The van der Waals surface area contributed by atoms with Gasteiger partial charge in [0.15, 0.2) is 0 Å². The van der Waals surface area contributed by atoms with Crippen molar-refractivity contribution in [3.63, 3.8) is 0 Å². The Morgan fingerprint density at radius 3 is 2.58 bits per heavy atom. The van der Waals surface area contributed by atoms with Gasteiger partial charge in [-0.2, -0.15) is 4.98 Å². The molecule has 1 aromatic carbocycles. The number of aromatic nitrogens is 2. The third-order valence-electron chi connectivity index (χ3n) is 2.60. The Bertz CT molecular complexity index is 617. The molecule has 1 aromatic heterocycles. The van der Waals surface area contributed by atoms with Crippen LogP contribution >= 0.6 is 15.9 Å². The number of nitrogens with zero attached hydrogens (tertiary/aromatic N) is 2. The van der Waals surface area contributed by atoms with E-state index in [9.17, 15) is 0 Å². The molecule has 0 unspecified atom stereocenters. The summed E-state index contributed by atoms with van der Waals surface area (Å²) in [4.78, 5) is 8.33. The molecule has 0 amide bonds. The largest absolute Gasteiger partial charge is 0.497 e. The number of hydrogen-bond donors (Lipinski definition) is 1. The van der Waals surface area contributed by atoms with Crippen molar-refractivity contribution in [2.75, 3.05) is 12.8 Å². The second-order valence-electron chi connectivity index (χ2n) is 3.98. The van der Waals surface area contributed by atoms with Crippen LogP contribution in [0.25, 0.3) is 0 Å². The van der Waals surface area contributed by atoms with Gasteiger partial charge >= 0.3 is 0 Å². The Kier molecular flexibility index (Phi) is 3.90. The fraction of sp³-hybridized carbons (Fsp3) is 0.231. The van der Waals surface area contributed by atoms with Crippen molar-refractivity contribution in [1.82, 2.24) is 9.97 Å². The average Bonchev–Trinajstić information content (AvgIpc) is 2.37. The smallest absolute Gasteiger partial charge is 0.227 e. The van der Waals surface area contributed by atoms with Gasteiger partial charge in [-0.1, -0.05) is 0 Å². The zero-order chi connectivity index (χ0) is 14.0. The van der Waals surface area contributed by atoms with Crippen LogP contribution in [0.15, 0.2) is 22.7 Å². The molecule has 0 atom stereocenters. The van der Waals surface area contributed by atoms with E-state index in [4.69, 9.17) is 15.2 Å². The molecule has 0 saturated heterocycles. The molecule has 0 aliphatic carbocycles. The molecule has 2 rings (SSSR count). The summed E-state index contributed by atoms with van der Waals surface area (Å²) in [5.41, 5.74) is 6.51. The van der Waals surface area contributed by atoms with Gasteiger partial charge in [0.05, 0.1) is 17.1 Å². The van der Waals surface area contributed by atoms with Crippen LogP contribution in [0, 0.1) is 13.8 Å². The lowest BCUT2D eigenvalue weighted by atomic mass is 10.3. The molecule has 6 heteroatoms. The van der Waals surface area contributed by atoms with Crippen LogP contribution in [-0.4, -0.2) is 17.1 Å². The SMILES string of the molecule is COc1ccc(Oc2nc(C)nc(N)c2C)c(Br)c1. The molecule has 1 heterocycles. The first kappa shape index (κ1) is 13.6. The first-order valence-corrected chi connectivity index (χ1v) is 6.42. The third kappa shape index (κ3) is 2.96. The van der Waals surface area contributed by atoms with E-state index in [0.717, 1.165) is 10.2 Å². The molecule has 0 fully saturated rings. The zero-order valence-corrected chi connectivity index (χ0v) is 12.5. The molecular weight excluding hydrogens is 310 g/mol. The Morgan fingerprint density at radius 2 is 1.95 bits per heavy atom. The lowest BCUT2D eigenvalue weighted by Gasteiger charge is -2.11. The van der Waals surface area contributed by atoms with E-state index in [1.807, 2.05) is 19.1 Å². The van der Waals surface area contributed by atoms with E-state index in [-0.39, 0.29) is 0 Å². The van der Waals surface area contributed by atoms with Gasteiger partial charge in [-0.15, -0.1) is 0 Å². The highest BCUT2D eigenvalue weighted by Crippen LogP contribution is 2.33.